The second-order valence-electron chi connectivity index (χ2n) is 8.31. The monoisotopic (exact) mass is 506 g/mol. The van der Waals surface area contributed by atoms with Gasteiger partial charge in [-0.05, 0) is 37.1 Å². The lowest BCUT2D eigenvalue weighted by Crippen LogP contribution is -2.64. The van der Waals surface area contributed by atoms with Crippen LogP contribution in [0, 0.1) is 12.7 Å². The Labute approximate surface area is 202 Å². The Morgan fingerprint density at radius 2 is 1.86 bits per heavy atom. The van der Waals surface area contributed by atoms with E-state index in [4.69, 9.17) is 0 Å². The Hall–Kier alpha value is -3.51. The summed E-state index contributed by atoms with van der Waals surface area (Å²) in [6.07, 6.45) is -0.815. The second-order valence-corrected chi connectivity index (χ2v) is 10.2. The highest BCUT2D eigenvalue weighted by Gasteiger charge is 2.43. The van der Waals surface area contributed by atoms with Gasteiger partial charge < -0.3 is 15.7 Å². The summed E-state index contributed by atoms with van der Waals surface area (Å²) in [6, 6.07) is 10.3. The third kappa shape index (κ3) is 6.76. The molecule has 1 fully saturated rings. The topological polar surface area (TPSA) is 136 Å². The number of hydrogen-bond donors (Lipinski definition) is 3. The highest BCUT2D eigenvalue weighted by molar-refractivity contribution is 7.88. The number of carbonyl (C=O) groups is 3. The van der Waals surface area contributed by atoms with Crippen molar-refractivity contribution in [2.75, 3.05) is 24.7 Å². The lowest BCUT2D eigenvalue weighted by atomic mass is 10.0. The molecule has 0 saturated carbocycles. The molecule has 0 aliphatic carbocycles. The van der Waals surface area contributed by atoms with E-state index in [1.165, 1.54) is 18.2 Å². The van der Waals surface area contributed by atoms with Gasteiger partial charge in [0.05, 0.1) is 18.7 Å². The molecule has 10 nitrogen and oxygen atoms in total. The molecule has 2 aromatic carbocycles. The second kappa shape index (κ2) is 10.8. The van der Waals surface area contributed by atoms with Gasteiger partial charge in [0.1, 0.15) is 5.82 Å². The Bertz CT molecular complexity index is 1220. The van der Waals surface area contributed by atoms with Gasteiger partial charge in [-0.15, -0.1) is 0 Å². The molecule has 0 bridgehead atoms. The maximum atomic E-state index is 13.6. The van der Waals surface area contributed by atoms with Crippen LogP contribution < -0.4 is 10.6 Å². The molecular formula is C23H27FN4O6S. The smallest absolute Gasteiger partial charge is 0.323 e. The molecule has 35 heavy (non-hydrogen) atoms. The fourth-order valence-corrected chi connectivity index (χ4v) is 4.98. The number of nitrogens with one attached hydrogen (secondary N) is 2. The summed E-state index contributed by atoms with van der Waals surface area (Å²) >= 11 is 0. The molecule has 1 aliphatic heterocycles. The van der Waals surface area contributed by atoms with E-state index in [1.807, 2.05) is 13.0 Å². The van der Waals surface area contributed by atoms with Crippen LogP contribution in [0.25, 0.3) is 0 Å². The molecule has 0 aromatic heterocycles. The van der Waals surface area contributed by atoms with Gasteiger partial charge in [0.2, 0.25) is 10.0 Å². The van der Waals surface area contributed by atoms with Crippen molar-refractivity contribution in [2.45, 2.75) is 32.0 Å². The molecule has 0 spiro atoms. The minimum atomic E-state index is -3.92. The Balaban J connectivity index is 1.92. The van der Waals surface area contributed by atoms with Crippen LogP contribution in [0.2, 0.25) is 0 Å². The number of amides is 3. The molecule has 2 aromatic rings. The normalized spacial score (nSPS) is 17.5. The number of rotatable bonds is 7. The number of sulfonamides is 1. The Morgan fingerprint density at radius 3 is 2.49 bits per heavy atom. The first-order valence-electron chi connectivity index (χ1n) is 10.8. The summed E-state index contributed by atoms with van der Waals surface area (Å²) in [6.45, 7) is 1.86. The Morgan fingerprint density at radius 1 is 1.14 bits per heavy atom. The molecule has 12 heteroatoms. The van der Waals surface area contributed by atoms with Crippen LogP contribution in [0.1, 0.15) is 30.0 Å². The average Bonchev–Trinajstić information content (AvgIpc) is 2.77. The van der Waals surface area contributed by atoms with E-state index in [-0.39, 0.29) is 25.2 Å². The fraction of sp³-hybridized carbons (Fsp3) is 0.348. The minimum absolute atomic E-state index is 0.00525. The number of halogens is 1. The van der Waals surface area contributed by atoms with E-state index >= 15 is 0 Å². The van der Waals surface area contributed by atoms with Gasteiger partial charge in [0.25, 0.3) is 5.91 Å². The van der Waals surface area contributed by atoms with Gasteiger partial charge in [-0.25, -0.2) is 17.6 Å². The number of anilines is 1. The van der Waals surface area contributed by atoms with E-state index < -0.39 is 52.4 Å². The van der Waals surface area contributed by atoms with E-state index in [0.29, 0.717) is 5.56 Å². The third-order valence-corrected chi connectivity index (χ3v) is 6.72. The quantitative estimate of drug-likeness (QED) is 0.527. The van der Waals surface area contributed by atoms with Gasteiger partial charge >= 0.3 is 12.0 Å². The fourth-order valence-electron chi connectivity index (χ4n) is 3.95. The summed E-state index contributed by atoms with van der Waals surface area (Å²) in [7, 11) is -3.92. The third-order valence-electron chi connectivity index (χ3n) is 5.48. The highest BCUT2D eigenvalue weighted by atomic mass is 32.2. The van der Waals surface area contributed by atoms with Crippen LogP contribution in [0.3, 0.4) is 0 Å². The van der Waals surface area contributed by atoms with E-state index in [1.54, 1.807) is 18.2 Å². The van der Waals surface area contributed by atoms with Gasteiger partial charge in [0.15, 0.2) is 6.17 Å². The molecule has 2 atom stereocenters. The van der Waals surface area contributed by atoms with Crippen LogP contribution >= 0.6 is 0 Å². The van der Waals surface area contributed by atoms with Crippen molar-refractivity contribution in [3.8, 4) is 0 Å². The van der Waals surface area contributed by atoms with E-state index in [9.17, 15) is 32.3 Å². The van der Waals surface area contributed by atoms with Gasteiger partial charge in [0, 0.05) is 18.8 Å². The van der Waals surface area contributed by atoms with Gasteiger partial charge in [-0.1, -0.05) is 35.9 Å². The standard InChI is InChI=1S/C23H27FN4O6S/c1-15-6-3-7-16(12-15)19(14-20(29)30)26-21(31)22-27(10-5-11-28(22)35(2,33)34)23(32)25-18-9-4-8-17(24)13-18/h3-4,6-9,12-13,19,22H,5,10-11,14H2,1-2H3,(H,25,32)(H,26,31)(H,29,30). The molecule has 3 rings (SSSR count). The first-order valence-corrected chi connectivity index (χ1v) is 12.7. The van der Waals surface area contributed by atoms with Crippen molar-refractivity contribution in [1.82, 2.24) is 14.5 Å². The lowest BCUT2D eigenvalue weighted by Gasteiger charge is -2.41. The minimum Gasteiger partial charge on any atom is -0.481 e. The van der Waals surface area contributed by atoms with Crippen LogP contribution in [0.5, 0.6) is 0 Å². The van der Waals surface area contributed by atoms with E-state index in [2.05, 4.69) is 10.6 Å². The van der Waals surface area contributed by atoms with Gasteiger partial charge in [-0.3, -0.25) is 14.5 Å². The van der Waals surface area contributed by atoms with Crippen molar-refractivity contribution >= 4 is 33.6 Å². The van der Waals surface area contributed by atoms with Crippen LogP contribution in [-0.4, -0.2) is 66.1 Å². The summed E-state index contributed by atoms with van der Waals surface area (Å²) in [5, 5.41) is 14.5. The zero-order chi connectivity index (χ0) is 25.8. The number of carboxylic acids is 1. The predicted molar refractivity (Wildman–Crippen MR) is 126 cm³/mol. The summed E-state index contributed by atoms with van der Waals surface area (Å²) in [5.41, 5.74) is 1.51. The van der Waals surface area contributed by atoms with Crippen molar-refractivity contribution in [1.29, 1.82) is 0 Å². The van der Waals surface area contributed by atoms with Crippen LogP contribution in [0.15, 0.2) is 48.5 Å². The summed E-state index contributed by atoms with van der Waals surface area (Å²) in [4.78, 5) is 39.0. The zero-order valence-electron chi connectivity index (χ0n) is 19.3. The molecule has 1 saturated heterocycles. The first-order chi connectivity index (χ1) is 16.5. The lowest BCUT2D eigenvalue weighted by molar-refractivity contribution is -0.138. The zero-order valence-corrected chi connectivity index (χ0v) is 20.1. The largest absolute Gasteiger partial charge is 0.481 e. The predicted octanol–water partition coefficient (Wildman–Crippen LogP) is 2.29. The van der Waals surface area contributed by atoms with Crippen LogP contribution in [0.4, 0.5) is 14.9 Å². The number of aliphatic carboxylic acids is 1. The maximum absolute atomic E-state index is 13.6. The number of carbonyl (C=O) groups excluding carboxylic acids is 2. The number of aryl methyl sites for hydroxylation is 1. The summed E-state index contributed by atoms with van der Waals surface area (Å²) in [5.74, 6) is -2.60. The van der Waals surface area contributed by atoms with Crippen molar-refractivity contribution in [3.05, 3.63) is 65.5 Å². The molecular weight excluding hydrogens is 479 g/mol. The number of benzene rings is 2. The molecule has 3 amide bonds. The van der Waals surface area contributed by atoms with Crippen LogP contribution in [-0.2, 0) is 19.6 Å². The maximum Gasteiger partial charge on any atom is 0.323 e. The average molecular weight is 507 g/mol. The Kier molecular flexibility index (Phi) is 8.07. The first kappa shape index (κ1) is 26.1. The molecule has 3 N–H and O–H groups in total. The SMILES string of the molecule is Cc1cccc(C(CC(=O)O)NC(=O)C2N(C(=O)Nc3cccc(F)c3)CCCN2S(C)(=O)=O)c1. The molecule has 1 aliphatic rings. The van der Waals surface area contributed by atoms with Gasteiger partial charge in [-0.2, -0.15) is 4.31 Å². The number of carboxylic acid groups (broad SMARTS) is 1. The molecule has 1 heterocycles. The van der Waals surface area contributed by atoms with Crippen molar-refractivity contribution < 1.29 is 32.3 Å². The van der Waals surface area contributed by atoms with E-state index in [0.717, 1.165) is 27.1 Å². The number of hydrogen-bond acceptors (Lipinski definition) is 5. The van der Waals surface area contributed by atoms with Crippen molar-refractivity contribution in [2.24, 2.45) is 0 Å². The molecule has 188 valence electrons. The number of nitrogens with zero attached hydrogens (tertiary/aromatic N) is 2. The van der Waals surface area contributed by atoms with Crippen molar-refractivity contribution in [3.63, 3.8) is 0 Å². The highest BCUT2D eigenvalue weighted by Crippen LogP contribution is 2.23. The molecule has 2 unspecified atom stereocenters. The summed E-state index contributed by atoms with van der Waals surface area (Å²) < 4.78 is 39.4. The number of urea groups is 1. The molecule has 0 radical (unpaired) electrons.